The normalized spacial score (nSPS) is 21.5. The maximum Gasteiger partial charge on any atom is 0.240 e. The molecule has 1 saturated heterocycles. The van der Waals surface area contributed by atoms with Crippen LogP contribution in [0.4, 0.5) is 4.39 Å². The van der Waals surface area contributed by atoms with Crippen molar-refractivity contribution in [2.24, 2.45) is 5.92 Å². The molecule has 1 amide bonds. The van der Waals surface area contributed by atoms with Crippen molar-refractivity contribution in [3.05, 3.63) is 35.1 Å². The lowest BCUT2D eigenvalue weighted by Crippen LogP contribution is -2.44. The first kappa shape index (κ1) is 14.5. The molecule has 0 saturated carbocycles. The first-order chi connectivity index (χ1) is 9.52. The Balaban J connectivity index is 2.09. The maximum absolute atomic E-state index is 13.7. The van der Waals surface area contributed by atoms with E-state index in [1.807, 2.05) is 13.0 Å². The number of benzene rings is 1. The van der Waals surface area contributed by atoms with Crippen molar-refractivity contribution in [2.75, 3.05) is 13.6 Å². The summed E-state index contributed by atoms with van der Waals surface area (Å²) in [6.45, 7) is 3.04. The van der Waals surface area contributed by atoms with Gasteiger partial charge in [-0.2, -0.15) is 5.26 Å². The molecule has 1 aliphatic rings. The van der Waals surface area contributed by atoms with Crippen LogP contribution in [0.5, 0.6) is 0 Å². The smallest absolute Gasteiger partial charge is 0.240 e. The number of likely N-dealkylation sites (N-methyl/N-ethyl adjacent to an activating group) is 1. The fourth-order valence-corrected chi connectivity index (χ4v) is 2.50. The van der Waals surface area contributed by atoms with E-state index in [1.165, 1.54) is 23.1 Å². The van der Waals surface area contributed by atoms with Crippen molar-refractivity contribution in [3.8, 4) is 6.07 Å². The molecule has 2 rings (SSSR count). The highest BCUT2D eigenvalue weighted by molar-refractivity contribution is 5.82. The molecular formula is C15H18FN3O. The number of hydrogen-bond donors (Lipinski definition) is 1. The summed E-state index contributed by atoms with van der Waals surface area (Å²) < 4.78 is 13.7. The Kier molecular flexibility index (Phi) is 4.35. The van der Waals surface area contributed by atoms with Crippen molar-refractivity contribution in [3.63, 3.8) is 0 Å². The first-order valence-corrected chi connectivity index (χ1v) is 6.70. The van der Waals surface area contributed by atoms with E-state index >= 15 is 0 Å². The molecule has 1 aliphatic heterocycles. The molecule has 0 bridgehead atoms. The second kappa shape index (κ2) is 6.02. The molecule has 106 valence electrons. The molecule has 5 heteroatoms. The van der Waals surface area contributed by atoms with Gasteiger partial charge in [0.15, 0.2) is 0 Å². The Morgan fingerprint density at radius 3 is 2.95 bits per heavy atom. The van der Waals surface area contributed by atoms with Gasteiger partial charge in [-0.3, -0.25) is 4.79 Å². The molecule has 0 radical (unpaired) electrons. The molecule has 0 spiro atoms. The molecule has 20 heavy (non-hydrogen) atoms. The van der Waals surface area contributed by atoms with Gasteiger partial charge in [0.1, 0.15) is 5.82 Å². The van der Waals surface area contributed by atoms with Gasteiger partial charge in [-0.25, -0.2) is 4.39 Å². The fourth-order valence-electron chi connectivity index (χ4n) is 2.50. The zero-order chi connectivity index (χ0) is 14.7. The van der Waals surface area contributed by atoms with Gasteiger partial charge in [-0.1, -0.05) is 6.92 Å². The predicted molar refractivity (Wildman–Crippen MR) is 73.2 cm³/mol. The summed E-state index contributed by atoms with van der Waals surface area (Å²) in [5.41, 5.74) is 0.764. The number of nitrogens with zero attached hydrogens (tertiary/aromatic N) is 2. The SMILES string of the molecule is CC1CCNC1C(=O)N(C)Cc1cc(C#N)ccc1F. The molecule has 0 aromatic heterocycles. The molecule has 4 nitrogen and oxygen atoms in total. The summed E-state index contributed by atoms with van der Waals surface area (Å²) in [5.74, 6) is -0.131. The van der Waals surface area contributed by atoms with Crippen molar-refractivity contribution in [1.82, 2.24) is 10.2 Å². The molecule has 1 fully saturated rings. The Labute approximate surface area is 118 Å². The second-order valence-corrected chi connectivity index (χ2v) is 5.31. The second-order valence-electron chi connectivity index (χ2n) is 5.31. The van der Waals surface area contributed by atoms with Gasteiger partial charge in [0.2, 0.25) is 5.91 Å². The number of rotatable bonds is 3. The van der Waals surface area contributed by atoms with E-state index in [-0.39, 0.29) is 18.5 Å². The van der Waals surface area contributed by atoms with Gasteiger partial charge in [0, 0.05) is 19.2 Å². The lowest BCUT2D eigenvalue weighted by atomic mass is 10.0. The number of nitrogens with one attached hydrogen (secondary N) is 1. The molecule has 0 aliphatic carbocycles. The van der Waals surface area contributed by atoms with Crippen LogP contribution in [0.1, 0.15) is 24.5 Å². The van der Waals surface area contributed by atoms with Gasteiger partial charge in [-0.15, -0.1) is 0 Å². The number of halogens is 1. The molecular weight excluding hydrogens is 257 g/mol. The third-order valence-electron chi connectivity index (χ3n) is 3.76. The zero-order valence-corrected chi connectivity index (χ0v) is 11.7. The number of carbonyl (C=O) groups is 1. The van der Waals surface area contributed by atoms with E-state index in [0.717, 1.165) is 13.0 Å². The summed E-state index contributed by atoms with van der Waals surface area (Å²) in [6, 6.07) is 5.97. The lowest BCUT2D eigenvalue weighted by Gasteiger charge is -2.23. The number of hydrogen-bond acceptors (Lipinski definition) is 3. The van der Waals surface area contributed by atoms with E-state index < -0.39 is 5.82 Å². The van der Waals surface area contributed by atoms with Crippen molar-refractivity contribution >= 4 is 5.91 Å². The molecule has 1 heterocycles. The highest BCUT2D eigenvalue weighted by atomic mass is 19.1. The fraction of sp³-hybridized carbons (Fsp3) is 0.467. The van der Waals surface area contributed by atoms with Crippen LogP contribution in [0.2, 0.25) is 0 Å². The summed E-state index contributed by atoms with van der Waals surface area (Å²) in [6.07, 6.45) is 0.975. The summed E-state index contributed by atoms with van der Waals surface area (Å²) in [7, 11) is 1.66. The standard InChI is InChI=1S/C15H18FN3O/c1-10-5-6-18-14(10)15(20)19(2)9-12-7-11(8-17)3-4-13(12)16/h3-4,7,10,14,18H,5-6,9H2,1-2H3. The van der Waals surface area contributed by atoms with Gasteiger partial charge in [0.25, 0.3) is 0 Å². The number of amides is 1. The Morgan fingerprint density at radius 2 is 2.35 bits per heavy atom. The van der Waals surface area contributed by atoms with Gasteiger partial charge in [-0.05, 0) is 37.1 Å². The number of nitriles is 1. The van der Waals surface area contributed by atoms with Crippen molar-refractivity contribution < 1.29 is 9.18 Å². The lowest BCUT2D eigenvalue weighted by molar-refractivity contribution is -0.133. The molecule has 2 atom stereocenters. The van der Waals surface area contributed by atoms with Gasteiger partial charge >= 0.3 is 0 Å². The average Bonchev–Trinajstić information content (AvgIpc) is 2.86. The van der Waals surface area contributed by atoms with Crippen LogP contribution in [0.25, 0.3) is 0 Å². The third-order valence-corrected chi connectivity index (χ3v) is 3.76. The minimum Gasteiger partial charge on any atom is -0.340 e. The van der Waals surface area contributed by atoms with Crippen LogP contribution < -0.4 is 5.32 Å². The van der Waals surface area contributed by atoms with Crippen LogP contribution in [0.15, 0.2) is 18.2 Å². The Bertz CT molecular complexity index is 553. The summed E-state index contributed by atoms with van der Waals surface area (Å²) >= 11 is 0. The van der Waals surface area contributed by atoms with Gasteiger partial charge < -0.3 is 10.2 Å². The quantitative estimate of drug-likeness (QED) is 0.912. The van der Waals surface area contributed by atoms with E-state index in [9.17, 15) is 9.18 Å². The van der Waals surface area contributed by atoms with E-state index in [2.05, 4.69) is 5.32 Å². The van der Waals surface area contributed by atoms with Gasteiger partial charge in [0.05, 0.1) is 17.7 Å². The molecule has 2 unspecified atom stereocenters. The summed E-state index contributed by atoms with van der Waals surface area (Å²) in [4.78, 5) is 13.8. The molecule has 1 N–H and O–H groups in total. The predicted octanol–water partition coefficient (Wildman–Crippen LogP) is 1.65. The Morgan fingerprint density at radius 1 is 1.60 bits per heavy atom. The average molecular weight is 275 g/mol. The highest BCUT2D eigenvalue weighted by Crippen LogP contribution is 2.18. The van der Waals surface area contributed by atoms with Crippen LogP contribution >= 0.6 is 0 Å². The monoisotopic (exact) mass is 275 g/mol. The van der Waals surface area contributed by atoms with E-state index in [0.29, 0.717) is 17.0 Å². The van der Waals surface area contributed by atoms with Crippen LogP contribution in [0, 0.1) is 23.1 Å². The summed E-state index contributed by atoms with van der Waals surface area (Å²) in [5, 5.41) is 12.0. The van der Waals surface area contributed by atoms with Crippen LogP contribution in [0.3, 0.4) is 0 Å². The largest absolute Gasteiger partial charge is 0.340 e. The third kappa shape index (κ3) is 2.97. The molecule has 1 aromatic carbocycles. The van der Waals surface area contributed by atoms with E-state index in [1.54, 1.807) is 7.05 Å². The van der Waals surface area contributed by atoms with Crippen LogP contribution in [-0.4, -0.2) is 30.4 Å². The highest BCUT2D eigenvalue weighted by Gasteiger charge is 2.31. The van der Waals surface area contributed by atoms with Crippen molar-refractivity contribution in [2.45, 2.75) is 25.9 Å². The van der Waals surface area contributed by atoms with E-state index in [4.69, 9.17) is 5.26 Å². The zero-order valence-electron chi connectivity index (χ0n) is 11.7. The first-order valence-electron chi connectivity index (χ1n) is 6.70. The maximum atomic E-state index is 13.7. The molecule has 1 aromatic rings. The van der Waals surface area contributed by atoms with Crippen molar-refractivity contribution in [1.29, 1.82) is 5.26 Å². The minimum atomic E-state index is -0.393. The minimum absolute atomic E-state index is 0.0308. The Hall–Kier alpha value is -1.93. The topological polar surface area (TPSA) is 56.1 Å². The number of carbonyl (C=O) groups excluding carboxylic acids is 1. The van der Waals surface area contributed by atoms with Crippen LogP contribution in [-0.2, 0) is 11.3 Å².